The number of nitrogens with one attached hydrogen (secondary N) is 2. The molecule has 0 saturated heterocycles. The first-order valence-electron chi connectivity index (χ1n) is 11.0. The van der Waals surface area contributed by atoms with Crippen molar-refractivity contribution in [2.24, 2.45) is 5.92 Å². The van der Waals surface area contributed by atoms with Gasteiger partial charge in [0.05, 0.1) is 11.2 Å². The predicted octanol–water partition coefficient (Wildman–Crippen LogP) is 7.08. The highest BCUT2D eigenvalue weighted by molar-refractivity contribution is 6.26. The zero-order valence-corrected chi connectivity index (χ0v) is 19.3. The van der Waals surface area contributed by atoms with E-state index in [-0.39, 0.29) is 0 Å². The summed E-state index contributed by atoms with van der Waals surface area (Å²) in [4.78, 5) is 10.3. The minimum Gasteiger partial charge on any atom is -0.382 e. The lowest BCUT2D eigenvalue weighted by Gasteiger charge is -2.28. The largest absolute Gasteiger partial charge is 0.382 e. The Labute approximate surface area is 195 Å². The fourth-order valence-corrected chi connectivity index (χ4v) is 4.00. The van der Waals surface area contributed by atoms with E-state index in [0.717, 1.165) is 47.7 Å². The maximum absolute atomic E-state index is 6.35. The van der Waals surface area contributed by atoms with Gasteiger partial charge in [-0.2, -0.15) is 0 Å². The smallest absolute Gasteiger partial charge is 0.156 e. The first-order chi connectivity index (χ1) is 15.7. The van der Waals surface area contributed by atoms with Crippen molar-refractivity contribution in [1.82, 2.24) is 4.98 Å². The minimum absolute atomic E-state index is 0.498. The molecular weight excluding hydrogens is 416 g/mol. The molecule has 3 aromatic carbocycles. The summed E-state index contributed by atoms with van der Waals surface area (Å²) in [6.07, 6.45) is 0. The lowest BCUT2D eigenvalue weighted by atomic mass is 10.1. The summed E-state index contributed by atoms with van der Waals surface area (Å²) < 4.78 is 0. The molecule has 0 radical (unpaired) electrons. The molecule has 1 heterocycles. The van der Waals surface area contributed by atoms with Crippen molar-refractivity contribution >= 4 is 39.9 Å². The molecule has 4 rings (SSSR count). The number of rotatable bonds is 9. The molecule has 0 aliphatic heterocycles. The third-order valence-electron chi connectivity index (χ3n) is 5.39. The molecule has 0 aliphatic carbocycles. The first kappa shape index (κ1) is 22.0. The Hall–Kier alpha value is -3.24. The van der Waals surface area contributed by atoms with Crippen LogP contribution in [-0.4, -0.2) is 11.5 Å². The van der Waals surface area contributed by atoms with Gasteiger partial charge < -0.3 is 10.2 Å². The van der Waals surface area contributed by atoms with Crippen LogP contribution in [0.25, 0.3) is 10.9 Å². The van der Waals surface area contributed by atoms with E-state index >= 15 is 0 Å². The number of fused-ring (bicyclic) bond motifs is 1. The average Bonchev–Trinajstić information content (AvgIpc) is 2.82. The highest BCUT2D eigenvalue weighted by Crippen LogP contribution is 2.39. The van der Waals surface area contributed by atoms with Gasteiger partial charge in [-0.25, -0.2) is 4.98 Å². The van der Waals surface area contributed by atoms with Gasteiger partial charge in [0.2, 0.25) is 0 Å². The molecule has 0 fully saturated rings. The monoisotopic (exact) mass is 444 g/mol. The van der Waals surface area contributed by atoms with Gasteiger partial charge in [-0.3, -0.25) is 4.84 Å². The Morgan fingerprint density at radius 1 is 0.781 bits per heavy atom. The number of hydrogen-bond donors (Lipinski definition) is 2. The van der Waals surface area contributed by atoms with E-state index in [1.165, 1.54) is 11.1 Å². The van der Waals surface area contributed by atoms with Crippen molar-refractivity contribution in [3.05, 3.63) is 96.1 Å². The van der Waals surface area contributed by atoms with Crippen molar-refractivity contribution in [3.8, 4) is 0 Å². The van der Waals surface area contributed by atoms with Crippen LogP contribution in [0.3, 0.4) is 0 Å². The van der Waals surface area contributed by atoms with Crippen LogP contribution in [0.4, 0.5) is 17.2 Å². The number of benzene rings is 3. The second kappa shape index (κ2) is 10.4. The molecule has 0 bridgehead atoms. The quantitative estimate of drug-likeness (QED) is 0.271. The zero-order valence-electron chi connectivity index (χ0n) is 18.6. The van der Waals surface area contributed by atoms with E-state index in [2.05, 4.69) is 89.6 Å². The summed E-state index contributed by atoms with van der Waals surface area (Å²) >= 11 is 6.35. The van der Waals surface area contributed by atoms with Crippen molar-refractivity contribution in [2.45, 2.75) is 26.9 Å². The average molecular weight is 445 g/mol. The summed E-state index contributed by atoms with van der Waals surface area (Å²) in [6, 6.07) is 29.1. The van der Waals surface area contributed by atoms with E-state index in [0.29, 0.717) is 5.92 Å². The Bertz CT molecular complexity index is 1100. The number of hydrogen-bond acceptors (Lipinski definition) is 4. The molecule has 2 N–H and O–H groups in total. The Morgan fingerprint density at radius 2 is 1.34 bits per heavy atom. The number of anilines is 3. The lowest BCUT2D eigenvalue weighted by Crippen LogP contribution is -2.24. The molecule has 0 unspecified atom stereocenters. The molecule has 0 amide bonds. The van der Waals surface area contributed by atoms with Crippen LogP contribution in [0.15, 0.2) is 84.9 Å². The maximum atomic E-state index is 6.35. The van der Waals surface area contributed by atoms with Gasteiger partial charge in [0.1, 0.15) is 5.69 Å². The van der Waals surface area contributed by atoms with Crippen LogP contribution < -0.4 is 15.1 Å². The second-order valence-corrected chi connectivity index (χ2v) is 8.59. The van der Waals surface area contributed by atoms with Crippen LogP contribution in [0, 0.1) is 5.92 Å². The third-order valence-corrected chi connectivity index (χ3v) is 5.58. The summed E-state index contributed by atoms with van der Waals surface area (Å²) in [6.45, 7) is 6.67. The van der Waals surface area contributed by atoms with Crippen LogP contribution in [0.2, 0.25) is 0 Å². The first-order valence-corrected chi connectivity index (χ1v) is 11.4. The van der Waals surface area contributed by atoms with Crippen molar-refractivity contribution in [3.63, 3.8) is 0 Å². The summed E-state index contributed by atoms with van der Waals surface area (Å²) in [7, 11) is 0. The number of para-hydroxylation sites is 1. The molecule has 0 saturated carbocycles. The topological polar surface area (TPSA) is 40.2 Å². The van der Waals surface area contributed by atoms with Crippen molar-refractivity contribution in [2.75, 3.05) is 21.6 Å². The predicted molar refractivity (Wildman–Crippen MR) is 137 cm³/mol. The molecule has 0 aliphatic rings. The minimum atomic E-state index is 0.498. The number of pyridine rings is 1. The van der Waals surface area contributed by atoms with E-state index < -0.39 is 0 Å². The third kappa shape index (κ3) is 5.14. The van der Waals surface area contributed by atoms with Crippen LogP contribution in [0.1, 0.15) is 25.0 Å². The van der Waals surface area contributed by atoms with E-state index in [9.17, 15) is 0 Å². The Kier molecular flexibility index (Phi) is 7.13. The molecular formula is C27H29ClN4. The molecule has 0 spiro atoms. The van der Waals surface area contributed by atoms with E-state index in [1.54, 1.807) is 0 Å². The van der Waals surface area contributed by atoms with Gasteiger partial charge in [-0.1, -0.05) is 92.7 Å². The summed E-state index contributed by atoms with van der Waals surface area (Å²) in [5, 5.41) is 4.67. The number of aromatic nitrogens is 1. The van der Waals surface area contributed by atoms with Crippen LogP contribution >= 0.6 is 11.8 Å². The lowest BCUT2D eigenvalue weighted by molar-refractivity contribution is 0.689. The van der Waals surface area contributed by atoms with Gasteiger partial charge in [0.25, 0.3) is 0 Å². The molecule has 1 aromatic heterocycles. The highest BCUT2D eigenvalue weighted by Gasteiger charge is 2.20. The summed E-state index contributed by atoms with van der Waals surface area (Å²) in [5.41, 5.74) is 5.17. The zero-order chi connectivity index (χ0) is 22.3. The van der Waals surface area contributed by atoms with Crippen LogP contribution in [-0.2, 0) is 13.1 Å². The maximum Gasteiger partial charge on any atom is 0.156 e. The SMILES string of the molecule is CC(C)CNc1c(NCl)c(N(Cc2ccccc2)Cc2ccccc2)nc2ccccc12. The molecule has 164 valence electrons. The van der Waals surface area contributed by atoms with Crippen molar-refractivity contribution < 1.29 is 0 Å². The fraction of sp³-hybridized carbons (Fsp3) is 0.222. The molecule has 4 nitrogen and oxygen atoms in total. The fourth-order valence-electron chi connectivity index (χ4n) is 3.82. The van der Waals surface area contributed by atoms with Gasteiger partial charge in [-0.15, -0.1) is 0 Å². The highest BCUT2D eigenvalue weighted by atomic mass is 35.5. The van der Waals surface area contributed by atoms with E-state index in [1.807, 2.05) is 24.3 Å². The number of halogens is 1. The Balaban J connectivity index is 1.84. The molecule has 32 heavy (non-hydrogen) atoms. The van der Waals surface area contributed by atoms with E-state index in [4.69, 9.17) is 16.8 Å². The number of nitrogens with zero attached hydrogens (tertiary/aromatic N) is 2. The second-order valence-electron chi connectivity index (χ2n) is 8.40. The van der Waals surface area contributed by atoms with Gasteiger partial charge in [0.15, 0.2) is 5.82 Å². The normalized spacial score (nSPS) is 11.0. The molecule has 4 aromatic rings. The summed E-state index contributed by atoms with van der Waals surface area (Å²) in [5.74, 6) is 1.33. The molecule has 5 heteroatoms. The van der Waals surface area contributed by atoms with Gasteiger partial charge in [-0.05, 0) is 23.1 Å². The van der Waals surface area contributed by atoms with Crippen molar-refractivity contribution in [1.29, 1.82) is 0 Å². The Morgan fingerprint density at radius 3 is 1.91 bits per heavy atom. The molecule has 0 atom stereocenters. The standard InChI is InChI=1S/C27H29ClN4/c1-20(2)17-29-25-23-15-9-10-16-24(23)30-27(26(25)31-28)32(18-21-11-5-3-6-12-21)19-22-13-7-4-8-14-22/h3-16,20,31H,17-19H2,1-2H3,(H,29,30). The van der Waals surface area contributed by atoms with Gasteiger partial charge in [0, 0.05) is 36.8 Å². The van der Waals surface area contributed by atoms with Crippen LogP contribution in [0.5, 0.6) is 0 Å². The van der Waals surface area contributed by atoms with Gasteiger partial charge >= 0.3 is 0 Å².